The lowest BCUT2D eigenvalue weighted by molar-refractivity contribution is 0.0898. The molecule has 2 unspecified atom stereocenters. The molecule has 1 N–H and O–H groups in total. The van der Waals surface area contributed by atoms with Crippen molar-refractivity contribution in [2.75, 3.05) is 39.9 Å². The van der Waals surface area contributed by atoms with E-state index in [0.29, 0.717) is 11.5 Å². The van der Waals surface area contributed by atoms with E-state index in [1.807, 2.05) is 0 Å². The molecule has 0 aromatic rings. The molecule has 96 valence electrons. The van der Waals surface area contributed by atoms with E-state index >= 15 is 0 Å². The second-order valence-corrected chi connectivity index (χ2v) is 5.46. The molecule has 0 aromatic heterocycles. The molecule has 0 aliphatic carbocycles. The van der Waals surface area contributed by atoms with Crippen LogP contribution in [-0.2, 0) is 4.74 Å². The first-order valence-corrected chi connectivity index (χ1v) is 6.55. The van der Waals surface area contributed by atoms with Crippen LogP contribution in [-0.4, -0.2) is 50.8 Å². The van der Waals surface area contributed by atoms with Gasteiger partial charge in [-0.15, -0.1) is 0 Å². The molecule has 1 rings (SSSR count). The van der Waals surface area contributed by atoms with E-state index in [1.165, 1.54) is 25.9 Å². The van der Waals surface area contributed by atoms with E-state index in [0.717, 1.165) is 19.7 Å². The number of methoxy groups -OCH3 is 1. The Bertz CT molecular complexity index is 190. The molecule has 0 amide bonds. The second kappa shape index (κ2) is 6.58. The first-order chi connectivity index (χ1) is 7.61. The predicted molar refractivity (Wildman–Crippen MR) is 68.8 cm³/mol. The van der Waals surface area contributed by atoms with Gasteiger partial charge in [-0.05, 0) is 31.7 Å². The first kappa shape index (κ1) is 13.9. The number of hydrogen-bond acceptors (Lipinski definition) is 3. The molecule has 0 saturated carbocycles. The predicted octanol–water partition coefficient (Wildman–Crippen LogP) is 1.73. The Morgan fingerprint density at radius 1 is 1.50 bits per heavy atom. The van der Waals surface area contributed by atoms with Gasteiger partial charge in [-0.1, -0.05) is 13.8 Å². The van der Waals surface area contributed by atoms with Gasteiger partial charge >= 0.3 is 0 Å². The van der Waals surface area contributed by atoms with Crippen LogP contribution in [0.25, 0.3) is 0 Å². The van der Waals surface area contributed by atoms with Crippen LogP contribution in [0.4, 0.5) is 0 Å². The number of nitrogens with zero attached hydrogens (tertiary/aromatic N) is 1. The van der Waals surface area contributed by atoms with Crippen LogP contribution in [0.2, 0.25) is 0 Å². The molecule has 0 spiro atoms. The monoisotopic (exact) mass is 228 g/mol. The SMILES string of the molecule is CCC(C)N(CCOC)CC1(C)CCNC1. The molecule has 1 aliphatic rings. The zero-order valence-corrected chi connectivity index (χ0v) is 11.4. The van der Waals surface area contributed by atoms with Crippen LogP contribution in [0.1, 0.15) is 33.6 Å². The molecular formula is C13H28N2O. The van der Waals surface area contributed by atoms with Crippen molar-refractivity contribution in [1.82, 2.24) is 10.2 Å². The average molecular weight is 228 g/mol. The zero-order valence-electron chi connectivity index (χ0n) is 11.4. The zero-order chi connectivity index (χ0) is 12.0. The van der Waals surface area contributed by atoms with Gasteiger partial charge in [0.1, 0.15) is 0 Å². The topological polar surface area (TPSA) is 24.5 Å². The molecular weight excluding hydrogens is 200 g/mol. The van der Waals surface area contributed by atoms with E-state index < -0.39 is 0 Å². The number of ether oxygens (including phenoxy) is 1. The van der Waals surface area contributed by atoms with Crippen molar-refractivity contribution in [2.45, 2.75) is 39.7 Å². The smallest absolute Gasteiger partial charge is 0.0589 e. The highest BCUT2D eigenvalue weighted by Crippen LogP contribution is 2.26. The summed E-state index contributed by atoms with van der Waals surface area (Å²) < 4.78 is 5.21. The number of rotatable bonds is 7. The summed E-state index contributed by atoms with van der Waals surface area (Å²) in [6, 6.07) is 0.660. The minimum Gasteiger partial charge on any atom is -0.383 e. The van der Waals surface area contributed by atoms with Crippen LogP contribution in [0.5, 0.6) is 0 Å². The minimum atomic E-state index is 0.456. The van der Waals surface area contributed by atoms with E-state index in [2.05, 4.69) is 31.0 Å². The fraction of sp³-hybridized carbons (Fsp3) is 1.00. The molecule has 0 aromatic carbocycles. The van der Waals surface area contributed by atoms with Crippen LogP contribution >= 0.6 is 0 Å². The highest BCUT2D eigenvalue weighted by atomic mass is 16.5. The van der Waals surface area contributed by atoms with Gasteiger partial charge in [-0.25, -0.2) is 0 Å². The lowest BCUT2D eigenvalue weighted by atomic mass is 9.88. The van der Waals surface area contributed by atoms with Gasteiger partial charge in [0, 0.05) is 32.8 Å². The Kier molecular flexibility index (Phi) is 5.73. The van der Waals surface area contributed by atoms with Crippen LogP contribution in [0, 0.1) is 5.41 Å². The number of nitrogens with one attached hydrogen (secondary N) is 1. The van der Waals surface area contributed by atoms with Gasteiger partial charge in [-0.3, -0.25) is 4.90 Å². The van der Waals surface area contributed by atoms with Crippen molar-refractivity contribution < 1.29 is 4.74 Å². The molecule has 3 nitrogen and oxygen atoms in total. The normalized spacial score (nSPS) is 27.6. The summed E-state index contributed by atoms with van der Waals surface area (Å²) in [6.07, 6.45) is 2.51. The Labute approximate surface area is 101 Å². The third kappa shape index (κ3) is 4.04. The van der Waals surface area contributed by atoms with Crippen molar-refractivity contribution in [3.63, 3.8) is 0 Å². The Morgan fingerprint density at radius 3 is 2.75 bits per heavy atom. The number of hydrogen-bond donors (Lipinski definition) is 1. The van der Waals surface area contributed by atoms with E-state index in [9.17, 15) is 0 Å². The van der Waals surface area contributed by atoms with Gasteiger partial charge in [0.05, 0.1) is 6.61 Å². The summed E-state index contributed by atoms with van der Waals surface area (Å²) in [5.74, 6) is 0. The van der Waals surface area contributed by atoms with Crippen LogP contribution in [0.15, 0.2) is 0 Å². The van der Waals surface area contributed by atoms with Gasteiger partial charge < -0.3 is 10.1 Å². The molecule has 0 bridgehead atoms. The van der Waals surface area contributed by atoms with E-state index in [1.54, 1.807) is 7.11 Å². The molecule has 2 atom stereocenters. The molecule has 3 heteroatoms. The van der Waals surface area contributed by atoms with Crippen molar-refractivity contribution in [3.8, 4) is 0 Å². The van der Waals surface area contributed by atoms with E-state index in [-0.39, 0.29) is 0 Å². The quantitative estimate of drug-likeness (QED) is 0.718. The third-order valence-electron chi connectivity index (χ3n) is 3.84. The lowest BCUT2D eigenvalue weighted by Crippen LogP contribution is -2.43. The van der Waals surface area contributed by atoms with E-state index in [4.69, 9.17) is 4.74 Å². The Morgan fingerprint density at radius 2 is 2.25 bits per heavy atom. The third-order valence-corrected chi connectivity index (χ3v) is 3.84. The lowest BCUT2D eigenvalue weighted by Gasteiger charge is -2.35. The fourth-order valence-corrected chi connectivity index (χ4v) is 2.42. The molecule has 1 aliphatic heterocycles. The van der Waals surface area contributed by atoms with Crippen molar-refractivity contribution in [2.24, 2.45) is 5.41 Å². The standard InChI is InChI=1S/C13H28N2O/c1-5-12(2)15(8-9-16-4)11-13(3)6-7-14-10-13/h12,14H,5-11H2,1-4H3. The van der Waals surface area contributed by atoms with Gasteiger partial charge in [0.25, 0.3) is 0 Å². The summed E-state index contributed by atoms with van der Waals surface area (Å²) in [5.41, 5.74) is 0.456. The summed E-state index contributed by atoms with van der Waals surface area (Å²) in [5, 5.41) is 3.47. The highest BCUT2D eigenvalue weighted by Gasteiger charge is 2.31. The van der Waals surface area contributed by atoms with Crippen LogP contribution in [0.3, 0.4) is 0 Å². The summed E-state index contributed by atoms with van der Waals surface area (Å²) in [4.78, 5) is 2.58. The van der Waals surface area contributed by atoms with Gasteiger partial charge in [-0.2, -0.15) is 0 Å². The first-order valence-electron chi connectivity index (χ1n) is 6.55. The maximum Gasteiger partial charge on any atom is 0.0589 e. The maximum atomic E-state index is 5.21. The molecule has 1 saturated heterocycles. The average Bonchev–Trinajstić information content (AvgIpc) is 2.70. The van der Waals surface area contributed by atoms with Crippen molar-refractivity contribution in [1.29, 1.82) is 0 Å². The van der Waals surface area contributed by atoms with Gasteiger partial charge in [0.2, 0.25) is 0 Å². The maximum absolute atomic E-state index is 5.21. The second-order valence-electron chi connectivity index (χ2n) is 5.46. The van der Waals surface area contributed by atoms with Crippen molar-refractivity contribution in [3.05, 3.63) is 0 Å². The summed E-state index contributed by atoms with van der Waals surface area (Å²) >= 11 is 0. The van der Waals surface area contributed by atoms with Crippen molar-refractivity contribution >= 4 is 0 Å². The summed E-state index contributed by atoms with van der Waals surface area (Å²) in [7, 11) is 1.79. The molecule has 1 fully saturated rings. The molecule has 1 heterocycles. The Hall–Kier alpha value is -0.120. The fourth-order valence-electron chi connectivity index (χ4n) is 2.42. The minimum absolute atomic E-state index is 0.456. The Balaban J connectivity index is 2.47. The molecule has 16 heavy (non-hydrogen) atoms. The molecule has 0 radical (unpaired) electrons. The van der Waals surface area contributed by atoms with Gasteiger partial charge in [0.15, 0.2) is 0 Å². The largest absolute Gasteiger partial charge is 0.383 e. The van der Waals surface area contributed by atoms with Crippen LogP contribution < -0.4 is 5.32 Å². The highest BCUT2D eigenvalue weighted by molar-refractivity contribution is 4.87. The summed E-state index contributed by atoms with van der Waals surface area (Å²) in [6.45, 7) is 12.4.